The highest BCUT2D eigenvalue weighted by Gasteiger charge is 2.18. The van der Waals surface area contributed by atoms with Gasteiger partial charge in [0.2, 0.25) is 10.0 Å². The number of hydrogen-bond acceptors (Lipinski definition) is 3. The van der Waals surface area contributed by atoms with Crippen molar-refractivity contribution in [1.82, 2.24) is 4.72 Å². The molecule has 21 heavy (non-hydrogen) atoms. The van der Waals surface area contributed by atoms with E-state index >= 15 is 0 Å². The highest BCUT2D eigenvalue weighted by Crippen LogP contribution is 2.30. The summed E-state index contributed by atoms with van der Waals surface area (Å²) in [6, 6.07) is 7.21. The standard InChI is InChI=1S/C15H16BrNO2S2/c1-10-7-13(5-6-14(10)16)21(18,19)17-9-12-8-11-3-2-4-15(11)20-12/h5-8,17H,2-4,9H2,1H3. The second-order valence-electron chi connectivity index (χ2n) is 5.25. The Labute approximate surface area is 137 Å². The minimum atomic E-state index is -3.45. The van der Waals surface area contributed by atoms with Crippen LogP contribution in [-0.2, 0) is 29.4 Å². The van der Waals surface area contributed by atoms with Crippen molar-refractivity contribution in [3.8, 4) is 0 Å². The van der Waals surface area contributed by atoms with Crippen molar-refractivity contribution >= 4 is 37.3 Å². The molecule has 112 valence electrons. The molecule has 1 aromatic heterocycles. The summed E-state index contributed by atoms with van der Waals surface area (Å²) >= 11 is 5.11. The Balaban J connectivity index is 1.74. The van der Waals surface area contributed by atoms with Crippen molar-refractivity contribution in [3.63, 3.8) is 0 Å². The molecule has 3 nitrogen and oxygen atoms in total. The van der Waals surface area contributed by atoms with Crippen molar-refractivity contribution in [2.24, 2.45) is 0 Å². The number of rotatable bonds is 4. The number of nitrogens with one attached hydrogen (secondary N) is 1. The average molecular weight is 386 g/mol. The van der Waals surface area contributed by atoms with Crippen LogP contribution in [0.2, 0.25) is 0 Å². The average Bonchev–Trinajstić information content (AvgIpc) is 3.00. The Morgan fingerprint density at radius 1 is 1.29 bits per heavy atom. The van der Waals surface area contributed by atoms with Crippen LogP contribution in [0.3, 0.4) is 0 Å². The molecule has 1 N–H and O–H groups in total. The molecule has 1 aromatic carbocycles. The van der Waals surface area contributed by atoms with Crippen molar-refractivity contribution in [2.45, 2.75) is 37.6 Å². The molecule has 6 heteroatoms. The Morgan fingerprint density at radius 2 is 2.10 bits per heavy atom. The fraction of sp³-hybridized carbons (Fsp3) is 0.333. The van der Waals surface area contributed by atoms with E-state index in [1.54, 1.807) is 29.5 Å². The summed E-state index contributed by atoms with van der Waals surface area (Å²) in [4.78, 5) is 2.83. The first-order valence-electron chi connectivity index (χ1n) is 6.82. The summed E-state index contributed by atoms with van der Waals surface area (Å²) in [6.45, 7) is 2.25. The van der Waals surface area contributed by atoms with Crippen LogP contribution in [0.5, 0.6) is 0 Å². The lowest BCUT2D eigenvalue weighted by molar-refractivity contribution is 0.581. The largest absolute Gasteiger partial charge is 0.240 e. The second kappa shape index (κ2) is 5.83. The van der Waals surface area contributed by atoms with Gasteiger partial charge in [-0.2, -0.15) is 0 Å². The van der Waals surface area contributed by atoms with E-state index in [0.717, 1.165) is 27.8 Å². The number of fused-ring (bicyclic) bond motifs is 1. The van der Waals surface area contributed by atoms with Crippen LogP contribution < -0.4 is 4.72 Å². The fourth-order valence-electron chi connectivity index (χ4n) is 2.51. The highest BCUT2D eigenvalue weighted by molar-refractivity contribution is 9.10. The molecule has 0 spiro atoms. The zero-order valence-electron chi connectivity index (χ0n) is 11.6. The van der Waals surface area contributed by atoms with Crippen molar-refractivity contribution < 1.29 is 8.42 Å². The van der Waals surface area contributed by atoms with Gasteiger partial charge in [0, 0.05) is 20.8 Å². The predicted octanol–water partition coefficient (Wildman–Crippen LogP) is 3.79. The molecule has 0 saturated carbocycles. The minimum absolute atomic E-state index is 0.312. The number of benzene rings is 1. The normalized spacial score (nSPS) is 14.4. The van der Waals surface area contributed by atoms with Gasteiger partial charge in [0.25, 0.3) is 0 Å². The molecule has 2 aromatic rings. The predicted molar refractivity (Wildman–Crippen MR) is 89.2 cm³/mol. The van der Waals surface area contributed by atoms with Crippen molar-refractivity contribution in [2.75, 3.05) is 0 Å². The van der Waals surface area contributed by atoms with Crippen LogP contribution in [0.1, 0.15) is 27.3 Å². The molecule has 1 aliphatic rings. The van der Waals surface area contributed by atoms with Gasteiger partial charge in [-0.15, -0.1) is 11.3 Å². The molecule has 3 rings (SSSR count). The Bertz CT molecular complexity index is 759. The van der Waals surface area contributed by atoms with Gasteiger partial charge in [-0.05, 0) is 61.6 Å². The van der Waals surface area contributed by atoms with Gasteiger partial charge in [0.05, 0.1) is 4.90 Å². The van der Waals surface area contributed by atoms with Gasteiger partial charge >= 0.3 is 0 Å². The Kier molecular flexibility index (Phi) is 4.23. The first-order chi connectivity index (χ1) is 9.95. The van der Waals surface area contributed by atoms with Gasteiger partial charge in [-0.25, -0.2) is 13.1 Å². The van der Waals surface area contributed by atoms with Crippen LogP contribution >= 0.6 is 27.3 Å². The maximum Gasteiger partial charge on any atom is 0.240 e. The molecule has 1 aliphatic carbocycles. The monoisotopic (exact) mass is 385 g/mol. The van der Waals surface area contributed by atoms with E-state index < -0.39 is 10.0 Å². The number of halogens is 1. The zero-order valence-corrected chi connectivity index (χ0v) is 14.9. The van der Waals surface area contributed by atoms with Gasteiger partial charge in [0.1, 0.15) is 0 Å². The van der Waals surface area contributed by atoms with E-state index in [2.05, 4.69) is 26.7 Å². The lowest BCUT2D eigenvalue weighted by Crippen LogP contribution is -2.22. The SMILES string of the molecule is Cc1cc(S(=O)(=O)NCc2cc3c(s2)CCC3)ccc1Br. The highest BCUT2D eigenvalue weighted by atomic mass is 79.9. The Hall–Kier alpha value is -0.690. The zero-order chi connectivity index (χ0) is 15.0. The molecule has 0 aliphatic heterocycles. The molecule has 0 radical (unpaired) electrons. The summed E-state index contributed by atoms with van der Waals surface area (Å²) in [5.74, 6) is 0. The van der Waals surface area contributed by atoms with Gasteiger partial charge < -0.3 is 0 Å². The third-order valence-electron chi connectivity index (χ3n) is 3.67. The second-order valence-corrected chi connectivity index (χ2v) is 9.09. The van der Waals surface area contributed by atoms with Crippen LogP contribution in [0.4, 0.5) is 0 Å². The van der Waals surface area contributed by atoms with Gasteiger partial charge in [0.15, 0.2) is 0 Å². The quantitative estimate of drug-likeness (QED) is 0.869. The molecule has 0 atom stereocenters. The fourth-order valence-corrected chi connectivity index (χ4v) is 5.14. The number of sulfonamides is 1. The Morgan fingerprint density at radius 3 is 2.81 bits per heavy atom. The molecule has 0 fully saturated rings. The molecule has 0 bridgehead atoms. The third kappa shape index (κ3) is 3.23. The minimum Gasteiger partial charge on any atom is -0.207 e. The molecule has 0 unspecified atom stereocenters. The summed E-state index contributed by atoms with van der Waals surface area (Å²) in [6.07, 6.45) is 3.49. The van der Waals surface area contributed by atoms with E-state index in [-0.39, 0.29) is 0 Å². The molecule has 0 saturated heterocycles. The number of hydrogen-bond donors (Lipinski definition) is 1. The summed E-state index contributed by atoms with van der Waals surface area (Å²) in [5.41, 5.74) is 2.31. The first-order valence-corrected chi connectivity index (χ1v) is 9.91. The van der Waals surface area contributed by atoms with Crippen LogP contribution in [0.15, 0.2) is 33.6 Å². The number of aryl methyl sites for hydroxylation is 3. The van der Waals surface area contributed by atoms with Gasteiger partial charge in [-0.3, -0.25) is 0 Å². The number of thiophene rings is 1. The summed E-state index contributed by atoms with van der Waals surface area (Å²) in [7, 11) is -3.45. The van der Waals surface area contributed by atoms with E-state index in [1.807, 2.05) is 6.92 Å². The van der Waals surface area contributed by atoms with Crippen LogP contribution in [0, 0.1) is 6.92 Å². The third-order valence-corrected chi connectivity index (χ3v) is 7.20. The van der Waals surface area contributed by atoms with E-state index in [4.69, 9.17) is 0 Å². The maximum atomic E-state index is 12.3. The van der Waals surface area contributed by atoms with Crippen molar-refractivity contribution in [1.29, 1.82) is 0 Å². The summed E-state index contributed by atoms with van der Waals surface area (Å²) in [5, 5.41) is 0. The van der Waals surface area contributed by atoms with Gasteiger partial charge in [-0.1, -0.05) is 15.9 Å². The molecular formula is C15H16BrNO2S2. The molecule has 0 amide bonds. The lowest BCUT2D eigenvalue weighted by atomic mass is 10.2. The smallest absolute Gasteiger partial charge is 0.207 e. The topological polar surface area (TPSA) is 46.2 Å². The lowest BCUT2D eigenvalue weighted by Gasteiger charge is -2.07. The van der Waals surface area contributed by atoms with Crippen LogP contribution in [-0.4, -0.2) is 8.42 Å². The first kappa shape index (κ1) is 15.2. The van der Waals surface area contributed by atoms with E-state index in [1.165, 1.54) is 16.9 Å². The van der Waals surface area contributed by atoms with Crippen molar-refractivity contribution in [3.05, 3.63) is 49.6 Å². The maximum absolute atomic E-state index is 12.3. The van der Waals surface area contributed by atoms with Crippen LogP contribution in [0.25, 0.3) is 0 Å². The van der Waals surface area contributed by atoms with E-state index in [9.17, 15) is 8.42 Å². The summed E-state index contributed by atoms with van der Waals surface area (Å²) < 4.78 is 28.3. The molecular weight excluding hydrogens is 370 g/mol. The van der Waals surface area contributed by atoms with E-state index in [0.29, 0.717) is 11.4 Å². The molecule has 1 heterocycles.